The summed E-state index contributed by atoms with van der Waals surface area (Å²) < 4.78 is 0. The molecule has 2 aromatic carbocycles. The number of aryl methyl sites for hydroxylation is 2. The number of hydrogen-bond donors (Lipinski definition) is 0. The van der Waals surface area contributed by atoms with Crippen molar-refractivity contribution in [2.75, 3.05) is 0 Å². The van der Waals surface area contributed by atoms with Crippen LogP contribution in [0.2, 0.25) is 0 Å². The Morgan fingerprint density at radius 2 is 0.759 bits per heavy atom. The van der Waals surface area contributed by atoms with Gasteiger partial charge >= 0.3 is 0 Å². The summed E-state index contributed by atoms with van der Waals surface area (Å²) in [6.07, 6.45) is 37.3. The van der Waals surface area contributed by atoms with E-state index in [9.17, 15) is 0 Å². The molecule has 54 heavy (non-hydrogen) atoms. The van der Waals surface area contributed by atoms with Crippen LogP contribution >= 0.6 is 0 Å². The lowest BCUT2D eigenvalue weighted by atomic mass is 10.0. The second-order valence-electron chi connectivity index (χ2n) is 15.5. The maximum atomic E-state index is 5.31. The van der Waals surface area contributed by atoms with Crippen molar-refractivity contribution < 1.29 is 0 Å². The summed E-state index contributed by atoms with van der Waals surface area (Å²) in [4.78, 5) is 10.5. The van der Waals surface area contributed by atoms with Gasteiger partial charge in [0.25, 0.3) is 0 Å². The zero-order valence-corrected chi connectivity index (χ0v) is 35.7. The highest BCUT2D eigenvalue weighted by Gasteiger charge is 2.10. The molecule has 0 aromatic heterocycles. The maximum absolute atomic E-state index is 5.31. The van der Waals surface area contributed by atoms with Gasteiger partial charge in [-0.25, -0.2) is 0 Å². The topological polar surface area (TPSA) is 24.7 Å². The second kappa shape index (κ2) is 34.4. The van der Waals surface area contributed by atoms with E-state index in [1.54, 1.807) is 0 Å². The molecule has 0 atom stereocenters. The largest absolute Gasteiger partial charge is 0.252 e. The number of benzene rings is 2. The minimum Gasteiger partial charge on any atom is -0.252 e. The van der Waals surface area contributed by atoms with Gasteiger partial charge in [-0.1, -0.05) is 173 Å². The van der Waals surface area contributed by atoms with E-state index in [4.69, 9.17) is 9.98 Å². The van der Waals surface area contributed by atoms with Crippen LogP contribution in [0.4, 0.5) is 11.4 Å². The first-order valence-electron chi connectivity index (χ1n) is 22.9. The fraction of sp³-hybridized carbons (Fsp3) is 0.654. The molecule has 0 bridgehead atoms. The maximum Gasteiger partial charge on any atom is 0.0665 e. The number of unbranched alkanes of at least 4 members (excludes halogenated alkanes) is 22. The van der Waals surface area contributed by atoms with E-state index in [0.29, 0.717) is 0 Å². The van der Waals surface area contributed by atoms with Crippen molar-refractivity contribution in [1.82, 2.24) is 0 Å². The number of aliphatic imine (C=N–C) groups is 2. The molecule has 0 radical (unpaired) electrons. The molecule has 0 N–H and O–H groups in total. The molecule has 0 spiro atoms. The van der Waals surface area contributed by atoms with Crippen LogP contribution in [-0.4, -0.2) is 11.4 Å². The predicted molar refractivity (Wildman–Crippen MR) is 242 cm³/mol. The van der Waals surface area contributed by atoms with E-state index in [0.717, 1.165) is 87.0 Å². The summed E-state index contributed by atoms with van der Waals surface area (Å²) in [5.41, 5.74) is 6.96. The molecular weight excluding hydrogens is 653 g/mol. The first-order valence-corrected chi connectivity index (χ1v) is 22.9. The minimum atomic E-state index is 0.957. The lowest BCUT2D eigenvalue weighted by molar-refractivity contribution is 0.567. The third-order valence-corrected chi connectivity index (χ3v) is 10.5. The molecule has 0 aliphatic rings. The molecule has 0 fully saturated rings. The molecule has 298 valence electrons. The van der Waals surface area contributed by atoms with Crippen LogP contribution in [0.5, 0.6) is 0 Å². The van der Waals surface area contributed by atoms with Gasteiger partial charge in [-0.05, 0) is 81.5 Å². The van der Waals surface area contributed by atoms with Gasteiger partial charge in [0, 0.05) is 25.7 Å². The highest BCUT2D eigenvalue weighted by atomic mass is 14.8. The van der Waals surface area contributed by atoms with Crippen molar-refractivity contribution in [1.29, 1.82) is 0 Å². The normalized spacial score (nSPS) is 11.6. The van der Waals surface area contributed by atoms with Gasteiger partial charge in [0.05, 0.1) is 22.8 Å². The van der Waals surface area contributed by atoms with Gasteiger partial charge in [-0.2, -0.15) is 0 Å². The van der Waals surface area contributed by atoms with Gasteiger partial charge in [-0.3, -0.25) is 9.98 Å². The minimum absolute atomic E-state index is 0.957. The fourth-order valence-electron chi connectivity index (χ4n) is 7.05. The molecule has 0 saturated heterocycles. The summed E-state index contributed by atoms with van der Waals surface area (Å²) in [5, 5.41) is 0. The average Bonchev–Trinajstić information content (AvgIpc) is 3.19. The van der Waals surface area contributed by atoms with Crippen LogP contribution in [0.25, 0.3) is 0 Å². The Morgan fingerprint density at radius 3 is 1.20 bits per heavy atom. The highest BCUT2D eigenvalue weighted by Crippen LogP contribution is 2.25. The van der Waals surface area contributed by atoms with E-state index in [1.807, 2.05) is 0 Å². The van der Waals surface area contributed by atoms with Crippen molar-refractivity contribution in [2.24, 2.45) is 9.98 Å². The molecule has 2 aromatic rings. The van der Waals surface area contributed by atoms with Gasteiger partial charge in [0.15, 0.2) is 0 Å². The van der Waals surface area contributed by atoms with E-state index in [-0.39, 0.29) is 0 Å². The molecular formula is C52H80N2. The lowest BCUT2D eigenvalue weighted by Crippen LogP contribution is -2.10. The van der Waals surface area contributed by atoms with Gasteiger partial charge in [0.2, 0.25) is 0 Å². The first kappa shape index (κ1) is 47.1. The van der Waals surface area contributed by atoms with Crippen molar-refractivity contribution in [3.63, 3.8) is 0 Å². The molecule has 0 unspecified atom stereocenters. The Balaban J connectivity index is 1.88. The molecule has 2 nitrogen and oxygen atoms in total. The van der Waals surface area contributed by atoms with Crippen molar-refractivity contribution >= 4 is 22.8 Å². The Bertz CT molecular complexity index is 1390. The van der Waals surface area contributed by atoms with Crippen LogP contribution in [0.1, 0.15) is 219 Å². The van der Waals surface area contributed by atoms with E-state index < -0.39 is 0 Å². The molecule has 0 amide bonds. The second-order valence-corrected chi connectivity index (χ2v) is 15.5. The zero-order valence-electron chi connectivity index (χ0n) is 35.7. The SMILES string of the molecule is CCCCCCCCCCCC#CCCCc1ccccc1N=C(C)C(CCCCC)=Nc1ccccc1CCCC#CCCCCCCCCCCC. The standard InChI is InChI=1S/C52H80N2/c1-5-8-11-13-15-17-19-21-23-25-27-29-31-34-40-48-42-36-38-45-51(48)53-47(4)50(44-33-10-7-3)54-52-46-39-37-43-49(52)41-35-32-30-28-26-24-22-20-18-16-14-12-9-6-2/h36-39,42-43,45-46H,5-26,31-35,40-41,44H2,1-4H3. The average molecular weight is 733 g/mol. The van der Waals surface area contributed by atoms with Crippen LogP contribution in [-0.2, 0) is 12.8 Å². The number of hydrogen-bond acceptors (Lipinski definition) is 2. The van der Waals surface area contributed by atoms with Crippen LogP contribution in [0.3, 0.4) is 0 Å². The quantitative estimate of drug-likeness (QED) is 0.0419. The molecule has 0 aliphatic heterocycles. The Morgan fingerprint density at radius 1 is 0.407 bits per heavy atom. The smallest absolute Gasteiger partial charge is 0.0665 e. The molecule has 2 rings (SSSR count). The predicted octanol–water partition coefficient (Wildman–Crippen LogP) is 16.6. The Hall–Kier alpha value is -3.10. The van der Waals surface area contributed by atoms with E-state index in [1.165, 1.54) is 140 Å². The number of rotatable bonds is 31. The third kappa shape index (κ3) is 24.3. The van der Waals surface area contributed by atoms with E-state index >= 15 is 0 Å². The van der Waals surface area contributed by atoms with Crippen molar-refractivity contribution in [3.8, 4) is 23.7 Å². The van der Waals surface area contributed by atoms with E-state index in [2.05, 4.69) is 99.9 Å². The van der Waals surface area contributed by atoms with Gasteiger partial charge in [0.1, 0.15) is 0 Å². The summed E-state index contributed by atoms with van der Waals surface area (Å²) in [6, 6.07) is 17.4. The van der Waals surface area contributed by atoms with Crippen molar-refractivity contribution in [2.45, 2.75) is 220 Å². The summed E-state index contributed by atoms with van der Waals surface area (Å²) >= 11 is 0. The lowest BCUT2D eigenvalue weighted by Gasteiger charge is -2.11. The zero-order chi connectivity index (χ0) is 38.6. The first-order chi connectivity index (χ1) is 26.7. The van der Waals surface area contributed by atoms with Gasteiger partial charge < -0.3 is 0 Å². The van der Waals surface area contributed by atoms with Gasteiger partial charge in [-0.15, -0.1) is 23.7 Å². The van der Waals surface area contributed by atoms with Crippen molar-refractivity contribution in [3.05, 3.63) is 59.7 Å². The van der Waals surface area contributed by atoms with Crippen LogP contribution in [0.15, 0.2) is 58.5 Å². The monoisotopic (exact) mass is 733 g/mol. The third-order valence-electron chi connectivity index (χ3n) is 10.5. The highest BCUT2D eigenvalue weighted by molar-refractivity contribution is 6.42. The summed E-state index contributed by atoms with van der Waals surface area (Å²) in [6.45, 7) is 9.00. The molecule has 2 heteroatoms. The molecule has 0 saturated carbocycles. The Kier molecular flexibility index (Phi) is 30.0. The number of nitrogens with zero attached hydrogens (tertiary/aromatic N) is 2. The fourth-order valence-corrected chi connectivity index (χ4v) is 7.05. The Labute approximate surface area is 335 Å². The summed E-state index contributed by atoms with van der Waals surface area (Å²) in [7, 11) is 0. The summed E-state index contributed by atoms with van der Waals surface area (Å²) in [5.74, 6) is 13.8. The number of para-hydroxylation sites is 2. The van der Waals surface area contributed by atoms with Crippen LogP contribution < -0.4 is 0 Å². The molecule has 0 aliphatic carbocycles. The molecule has 0 heterocycles. The van der Waals surface area contributed by atoms with Crippen LogP contribution in [0, 0.1) is 23.7 Å².